The normalized spacial score (nSPS) is 10.3. The molecule has 1 rings (SSSR count). The Morgan fingerprint density at radius 1 is 1.22 bits per heavy atom. The largest absolute Gasteiger partial charge is 0.508 e. The highest BCUT2D eigenvalue weighted by molar-refractivity contribution is 7.99. The van der Waals surface area contributed by atoms with Crippen LogP contribution in [0.15, 0.2) is 29.2 Å². The Morgan fingerprint density at radius 2 is 1.83 bits per heavy atom. The van der Waals surface area contributed by atoms with Crippen molar-refractivity contribution in [2.24, 2.45) is 0 Å². The fourth-order valence-corrected chi connectivity index (χ4v) is 2.54. The number of carbonyl (C=O) groups is 1. The second-order valence-electron chi connectivity index (χ2n) is 4.01. The lowest BCUT2D eigenvalue weighted by Crippen LogP contribution is -2.30. The summed E-state index contributed by atoms with van der Waals surface area (Å²) in [6, 6.07) is 7.16. The Balaban J connectivity index is 2.22. The third-order valence-corrected chi connectivity index (χ3v) is 3.85. The molecule has 1 aromatic carbocycles. The number of carbonyl (C=O) groups excluding carboxylic acids is 1. The van der Waals surface area contributed by atoms with Gasteiger partial charge in [0.05, 0.1) is 0 Å². The minimum Gasteiger partial charge on any atom is -0.508 e. The number of rotatable bonds is 7. The first-order valence-corrected chi connectivity index (χ1v) is 7.35. The SMILES string of the molecule is CCN(CC)C(=O)CCCSc1ccc(O)cc1. The van der Waals surface area contributed by atoms with Gasteiger partial charge in [-0.15, -0.1) is 11.8 Å². The zero-order valence-corrected chi connectivity index (χ0v) is 11.9. The molecule has 0 atom stereocenters. The first-order valence-electron chi connectivity index (χ1n) is 6.37. The number of aromatic hydroxyl groups is 1. The molecule has 0 fully saturated rings. The van der Waals surface area contributed by atoms with Gasteiger partial charge in [-0.05, 0) is 50.3 Å². The molecule has 0 aromatic heterocycles. The minimum atomic E-state index is 0.242. The van der Waals surface area contributed by atoms with Crippen molar-refractivity contribution >= 4 is 17.7 Å². The Bertz CT molecular complexity index is 361. The van der Waals surface area contributed by atoms with Crippen LogP contribution in [0.4, 0.5) is 0 Å². The zero-order valence-electron chi connectivity index (χ0n) is 11.1. The van der Waals surface area contributed by atoms with Crippen LogP contribution < -0.4 is 0 Å². The average Bonchev–Trinajstić information content (AvgIpc) is 2.38. The van der Waals surface area contributed by atoms with Gasteiger partial charge in [-0.1, -0.05) is 0 Å². The summed E-state index contributed by atoms with van der Waals surface area (Å²) in [5.41, 5.74) is 0. The summed E-state index contributed by atoms with van der Waals surface area (Å²) in [6.45, 7) is 5.60. The summed E-state index contributed by atoms with van der Waals surface area (Å²) in [5.74, 6) is 1.46. The first-order chi connectivity index (χ1) is 8.67. The molecule has 18 heavy (non-hydrogen) atoms. The molecule has 0 heterocycles. The molecular weight excluding hydrogens is 246 g/mol. The van der Waals surface area contributed by atoms with E-state index in [4.69, 9.17) is 5.11 Å². The van der Waals surface area contributed by atoms with Gasteiger partial charge in [-0.2, -0.15) is 0 Å². The predicted octanol–water partition coefficient (Wildman–Crippen LogP) is 3.13. The van der Waals surface area contributed by atoms with Gasteiger partial charge >= 0.3 is 0 Å². The molecule has 0 spiro atoms. The molecule has 0 aliphatic carbocycles. The number of hydrogen-bond acceptors (Lipinski definition) is 3. The van der Waals surface area contributed by atoms with E-state index in [2.05, 4.69) is 0 Å². The highest BCUT2D eigenvalue weighted by atomic mass is 32.2. The van der Waals surface area contributed by atoms with E-state index < -0.39 is 0 Å². The number of phenols is 1. The van der Waals surface area contributed by atoms with Crippen LogP contribution in [0.5, 0.6) is 5.75 Å². The third-order valence-electron chi connectivity index (χ3n) is 2.76. The molecule has 0 unspecified atom stereocenters. The monoisotopic (exact) mass is 267 g/mol. The quantitative estimate of drug-likeness (QED) is 0.609. The molecule has 0 saturated heterocycles. The molecule has 1 N–H and O–H groups in total. The van der Waals surface area contributed by atoms with Gasteiger partial charge in [0.2, 0.25) is 5.91 Å². The number of nitrogens with zero attached hydrogens (tertiary/aromatic N) is 1. The number of benzene rings is 1. The molecule has 0 bridgehead atoms. The number of phenolic OH excluding ortho intramolecular Hbond substituents is 1. The lowest BCUT2D eigenvalue weighted by atomic mass is 10.3. The molecule has 100 valence electrons. The fraction of sp³-hybridized carbons (Fsp3) is 0.500. The van der Waals surface area contributed by atoms with Crippen molar-refractivity contribution in [3.63, 3.8) is 0 Å². The lowest BCUT2D eigenvalue weighted by molar-refractivity contribution is -0.130. The van der Waals surface area contributed by atoms with Crippen LogP contribution in [0.25, 0.3) is 0 Å². The smallest absolute Gasteiger partial charge is 0.222 e. The van der Waals surface area contributed by atoms with Crippen LogP contribution in [0.1, 0.15) is 26.7 Å². The molecule has 0 aliphatic rings. The van der Waals surface area contributed by atoms with Gasteiger partial charge in [0.15, 0.2) is 0 Å². The number of hydrogen-bond donors (Lipinski definition) is 1. The summed E-state index contributed by atoms with van der Waals surface area (Å²) in [6.07, 6.45) is 1.51. The minimum absolute atomic E-state index is 0.242. The predicted molar refractivity (Wildman–Crippen MR) is 76.0 cm³/mol. The Hall–Kier alpha value is -1.16. The van der Waals surface area contributed by atoms with Crippen molar-refractivity contribution in [3.05, 3.63) is 24.3 Å². The average molecular weight is 267 g/mol. The van der Waals surface area contributed by atoms with Crippen molar-refractivity contribution in [2.75, 3.05) is 18.8 Å². The molecular formula is C14H21NO2S. The second kappa shape index (κ2) is 8.03. The van der Waals surface area contributed by atoms with Gasteiger partial charge in [0.25, 0.3) is 0 Å². The van der Waals surface area contributed by atoms with Crippen LogP contribution in [-0.4, -0.2) is 34.8 Å². The van der Waals surface area contributed by atoms with E-state index in [-0.39, 0.29) is 11.7 Å². The third kappa shape index (κ3) is 5.00. The van der Waals surface area contributed by atoms with Crippen LogP contribution in [0.3, 0.4) is 0 Å². The summed E-state index contributed by atoms with van der Waals surface area (Å²) in [7, 11) is 0. The van der Waals surface area contributed by atoms with Crippen molar-refractivity contribution < 1.29 is 9.90 Å². The Labute approximate surface area is 113 Å². The summed E-state index contributed by atoms with van der Waals surface area (Å²) in [4.78, 5) is 14.7. The zero-order chi connectivity index (χ0) is 13.4. The van der Waals surface area contributed by atoms with E-state index in [1.165, 1.54) is 0 Å². The van der Waals surface area contributed by atoms with E-state index in [0.29, 0.717) is 6.42 Å². The van der Waals surface area contributed by atoms with E-state index in [9.17, 15) is 4.79 Å². The maximum Gasteiger partial charge on any atom is 0.222 e. The summed E-state index contributed by atoms with van der Waals surface area (Å²) in [5, 5.41) is 9.16. The highest BCUT2D eigenvalue weighted by Crippen LogP contribution is 2.21. The Kier molecular flexibility index (Phi) is 6.65. The van der Waals surface area contributed by atoms with Crippen molar-refractivity contribution in [1.82, 2.24) is 4.90 Å². The van der Waals surface area contributed by atoms with Crippen LogP contribution in [0, 0.1) is 0 Å². The van der Waals surface area contributed by atoms with Gasteiger partial charge in [-0.25, -0.2) is 0 Å². The highest BCUT2D eigenvalue weighted by Gasteiger charge is 2.08. The van der Waals surface area contributed by atoms with E-state index in [1.807, 2.05) is 30.9 Å². The molecule has 0 saturated carbocycles. The Morgan fingerprint density at radius 3 is 2.39 bits per heavy atom. The molecule has 0 aliphatic heterocycles. The van der Waals surface area contributed by atoms with Gasteiger partial charge < -0.3 is 10.0 Å². The molecule has 1 aromatic rings. The molecule has 1 amide bonds. The fourth-order valence-electron chi connectivity index (χ4n) is 1.69. The molecule has 4 heteroatoms. The van der Waals surface area contributed by atoms with Crippen LogP contribution in [-0.2, 0) is 4.79 Å². The number of amides is 1. The van der Waals surface area contributed by atoms with Gasteiger partial charge in [0.1, 0.15) is 5.75 Å². The maximum absolute atomic E-state index is 11.7. The molecule has 0 radical (unpaired) electrons. The maximum atomic E-state index is 11.7. The van der Waals surface area contributed by atoms with Crippen LogP contribution >= 0.6 is 11.8 Å². The van der Waals surface area contributed by atoms with Crippen LogP contribution in [0.2, 0.25) is 0 Å². The van der Waals surface area contributed by atoms with Crippen molar-refractivity contribution in [1.29, 1.82) is 0 Å². The molecule has 3 nitrogen and oxygen atoms in total. The summed E-state index contributed by atoms with van der Waals surface area (Å²) < 4.78 is 0. The van der Waals surface area contributed by atoms with Crippen molar-refractivity contribution in [3.8, 4) is 5.75 Å². The van der Waals surface area contributed by atoms with E-state index >= 15 is 0 Å². The lowest BCUT2D eigenvalue weighted by Gasteiger charge is -2.18. The van der Waals surface area contributed by atoms with Gasteiger partial charge in [-0.3, -0.25) is 4.79 Å². The van der Waals surface area contributed by atoms with E-state index in [0.717, 1.165) is 30.2 Å². The summed E-state index contributed by atoms with van der Waals surface area (Å²) >= 11 is 1.72. The van der Waals surface area contributed by atoms with Crippen molar-refractivity contribution in [2.45, 2.75) is 31.6 Å². The first kappa shape index (κ1) is 14.9. The van der Waals surface area contributed by atoms with Gasteiger partial charge in [0, 0.05) is 24.4 Å². The van der Waals surface area contributed by atoms with E-state index in [1.54, 1.807) is 23.9 Å². The standard InChI is InChI=1S/C14H21NO2S/c1-3-15(4-2)14(17)6-5-11-18-13-9-7-12(16)8-10-13/h7-10,16H,3-6,11H2,1-2H3. The second-order valence-corrected chi connectivity index (χ2v) is 5.18. The topological polar surface area (TPSA) is 40.5 Å². The number of thioether (sulfide) groups is 1.